The number of hydrogen-bond acceptors (Lipinski definition) is 2. The van der Waals surface area contributed by atoms with Gasteiger partial charge in [0.15, 0.2) is 0 Å². The van der Waals surface area contributed by atoms with E-state index in [0.29, 0.717) is 12.5 Å². The molecular weight excluding hydrogens is 224 g/mol. The molecule has 18 heavy (non-hydrogen) atoms. The predicted molar refractivity (Wildman–Crippen MR) is 72.9 cm³/mol. The molecule has 1 aliphatic rings. The van der Waals surface area contributed by atoms with Crippen LogP contribution in [0.25, 0.3) is 0 Å². The van der Waals surface area contributed by atoms with Crippen LogP contribution in [0.4, 0.5) is 0 Å². The SMILES string of the molecule is NCCCN(Cc1ccccc1)C(=O)C1CCC1. The van der Waals surface area contributed by atoms with E-state index in [1.54, 1.807) is 0 Å². The maximum Gasteiger partial charge on any atom is 0.225 e. The molecule has 1 fully saturated rings. The molecule has 3 heteroatoms. The molecule has 0 radical (unpaired) electrons. The van der Waals surface area contributed by atoms with Gasteiger partial charge in [0.2, 0.25) is 5.91 Å². The lowest BCUT2D eigenvalue weighted by molar-refractivity contribution is -0.138. The number of rotatable bonds is 6. The molecule has 0 saturated heterocycles. The third-order valence-corrected chi connectivity index (χ3v) is 3.61. The molecule has 1 aromatic carbocycles. The Morgan fingerprint density at radius 3 is 2.56 bits per heavy atom. The maximum atomic E-state index is 12.3. The Bertz CT molecular complexity index is 373. The van der Waals surface area contributed by atoms with Crippen LogP contribution in [0.15, 0.2) is 30.3 Å². The van der Waals surface area contributed by atoms with Crippen molar-refractivity contribution in [2.24, 2.45) is 11.7 Å². The quantitative estimate of drug-likeness (QED) is 0.836. The van der Waals surface area contributed by atoms with Crippen LogP contribution in [0.5, 0.6) is 0 Å². The van der Waals surface area contributed by atoms with E-state index in [1.165, 1.54) is 12.0 Å². The Labute approximate surface area is 109 Å². The van der Waals surface area contributed by atoms with Crippen LogP contribution in [-0.4, -0.2) is 23.9 Å². The van der Waals surface area contributed by atoms with E-state index < -0.39 is 0 Å². The summed E-state index contributed by atoms with van der Waals surface area (Å²) in [5, 5.41) is 0. The number of carbonyl (C=O) groups is 1. The van der Waals surface area contributed by atoms with E-state index in [0.717, 1.165) is 32.4 Å². The first kappa shape index (κ1) is 13.1. The minimum atomic E-state index is 0.270. The van der Waals surface area contributed by atoms with Crippen LogP contribution in [0.2, 0.25) is 0 Å². The summed E-state index contributed by atoms with van der Waals surface area (Å²) in [7, 11) is 0. The lowest BCUT2D eigenvalue weighted by Gasteiger charge is -2.31. The fraction of sp³-hybridized carbons (Fsp3) is 0.533. The smallest absolute Gasteiger partial charge is 0.225 e. The van der Waals surface area contributed by atoms with Crippen LogP contribution in [0, 0.1) is 5.92 Å². The number of carbonyl (C=O) groups excluding carboxylic acids is 1. The van der Waals surface area contributed by atoms with Crippen molar-refractivity contribution in [1.82, 2.24) is 4.90 Å². The van der Waals surface area contributed by atoms with Crippen molar-refractivity contribution in [2.75, 3.05) is 13.1 Å². The molecule has 1 saturated carbocycles. The summed E-state index contributed by atoms with van der Waals surface area (Å²) >= 11 is 0. The van der Waals surface area contributed by atoms with Crippen molar-refractivity contribution < 1.29 is 4.79 Å². The van der Waals surface area contributed by atoms with Gasteiger partial charge >= 0.3 is 0 Å². The van der Waals surface area contributed by atoms with Gasteiger partial charge in [-0.3, -0.25) is 4.79 Å². The normalized spacial score (nSPS) is 15.2. The van der Waals surface area contributed by atoms with E-state index in [9.17, 15) is 4.79 Å². The Balaban J connectivity index is 1.97. The highest BCUT2D eigenvalue weighted by molar-refractivity contribution is 5.79. The van der Waals surface area contributed by atoms with Crippen LogP contribution in [0.3, 0.4) is 0 Å². The van der Waals surface area contributed by atoms with Crippen molar-refractivity contribution in [3.05, 3.63) is 35.9 Å². The number of hydrogen-bond donors (Lipinski definition) is 1. The lowest BCUT2D eigenvalue weighted by Crippen LogP contribution is -2.39. The van der Waals surface area contributed by atoms with Crippen LogP contribution < -0.4 is 5.73 Å². The summed E-state index contributed by atoms with van der Waals surface area (Å²) in [5.74, 6) is 0.588. The minimum Gasteiger partial charge on any atom is -0.338 e. The van der Waals surface area contributed by atoms with Crippen LogP contribution >= 0.6 is 0 Å². The fourth-order valence-corrected chi connectivity index (χ4v) is 2.27. The summed E-state index contributed by atoms with van der Waals surface area (Å²) in [6, 6.07) is 10.2. The monoisotopic (exact) mass is 246 g/mol. The lowest BCUT2D eigenvalue weighted by atomic mass is 9.84. The van der Waals surface area contributed by atoms with E-state index in [4.69, 9.17) is 5.73 Å². The van der Waals surface area contributed by atoms with Gasteiger partial charge in [-0.15, -0.1) is 0 Å². The van der Waals surface area contributed by atoms with Gasteiger partial charge in [-0.2, -0.15) is 0 Å². The largest absolute Gasteiger partial charge is 0.338 e. The first-order valence-corrected chi connectivity index (χ1v) is 6.84. The topological polar surface area (TPSA) is 46.3 Å². The predicted octanol–water partition coefficient (Wildman–Crippen LogP) is 2.16. The molecule has 2 N–H and O–H groups in total. The molecule has 0 unspecified atom stereocenters. The molecule has 0 aliphatic heterocycles. The van der Waals surface area contributed by atoms with E-state index in [2.05, 4.69) is 12.1 Å². The molecule has 0 heterocycles. The van der Waals surface area contributed by atoms with Crippen molar-refractivity contribution in [3.63, 3.8) is 0 Å². The van der Waals surface area contributed by atoms with Crippen LogP contribution in [0.1, 0.15) is 31.2 Å². The highest BCUT2D eigenvalue weighted by Gasteiger charge is 2.29. The average Bonchev–Trinajstić information content (AvgIpc) is 2.33. The van der Waals surface area contributed by atoms with Crippen molar-refractivity contribution in [2.45, 2.75) is 32.2 Å². The molecule has 98 valence electrons. The second-order valence-electron chi connectivity index (χ2n) is 5.02. The van der Waals surface area contributed by atoms with Gasteiger partial charge in [-0.25, -0.2) is 0 Å². The van der Waals surface area contributed by atoms with Gasteiger partial charge in [0.1, 0.15) is 0 Å². The molecule has 1 aromatic rings. The highest BCUT2D eigenvalue weighted by atomic mass is 16.2. The molecule has 0 aromatic heterocycles. The molecule has 2 rings (SSSR count). The zero-order chi connectivity index (χ0) is 12.8. The molecular formula is C15H22N2O. The van der Waals surface area contributed by atoms with Gasteiger partial charge < -0.3 is 10.6 Å². The Hall–Kier alpha value is -1.35. The summed E-state index contributed by atoms with van der Waals surface area (Å²) in [6.45, 7) is 2.14. The third kappa shape index (κ3) is 3.33. The van der Waals surface area contributed by atoms with E-state index >= 15 is 0 Å². The average molecular weight is 246 g/mol. The van der Waals surface area contributed by atoms with Crippen LogP contribution in [-0.2, 0) is 11.3 Å². The zero-order valence-electron chi connectivity index (χ0n) is 10.8. The summed E-state index contributed by atoms with van der Waals surface area (Å²) < 4.78 is 0. The fourth-order valence-electron chi connectivity index (χ4n) is 2.27. The van der Waals surface area contributed by atoms with E-state index in [1.807, 2.05) is 23.1 Å². The van der Waals surface area contributed by atoms with E-state index in [-0.39, 0.29) is 5.92 Å². The standard InChI is InChI=1S/C15H22N2O/c16-10-5-11-17(15(18)14-8-4-9-14)12-13-6-2-1-3-7-13/h1-3,6-7,14H,4-5,8-12,16H2. The first-order chi connectivity index (χ1) is 8.81. The number of amides is 1. The molecule has 3 nitrogen and oxygen atoms in total. The zero-order valence-corrected chi connectivity index (χ0v) is 10.8. The first-order valence-electron chi connectivity index (χ1n) is 6.84. The van der Waals surface area contributed by atoms with Gasteiger partial charge in [0, 0.05) is 19.0 Å². The second-order valence-corrected chi connectivity index (χ2v) is 5.02. The summed E-state index contributed by atoms with van der Waals surface area (Å²) in [5.41, 5.74) is 6.75. The molecule has 1 amide bonds. The number of nitrogens with two attached hydrogens (primary N) is 1. The van der Waals surface area contributed by atoms with Gasteiger partial charge in [0.05, 0.1) is 0 Å². The van der Waals surface area contributed by atoms with Gasteiger partial charge in [-0.1, -0.05) is 36.8 Å². The summed E-state index contributed by atoms with van der Waals surface area (Å²) in [4.78, 5) is 14.3. The molecule has 1 aliphatic carbocycles. The van der Waals surface area contributed by atoms with Crippen molar-refractivity contribution in [1.29, 1.82) is 0 Å². The van der Waals surface area contributed by atoms with Crippen molar-refractivity contribution >= 4 is 5.91 Å². The molecule has 0 bridgehead atoms. The number of nitrogens with zero attached hydrogens (tertiary/aromatic N) is 1. The maximum absolute atomic E-state index is 12.3. The summed E-state index contributed by atoms with van der Waals surface area (Å²) in [6.07, 6.45) is 4.21. The Morgan fingerprint density at radius 1 is 1.28 bits per heavy atom. The minimum absolute atomic E-state index is 0.270. The third-order valence-electron chi connectivity index (χ3n) is 3.61. The Morgan fingerprint density at radius 2 is 2.00 bits per heavy atom. The van der Waals surface area contributed by atoms with Gasteiger partial charge in [-0.05, 0) is 31.4 Å². The second kappa shape index (κ2) is 6.55. The van der Waals surface area contributed by atoms with Crippen molar-refractivity contribution in [3.8, 4) is 0 Å². The highest BCUT2D eigenvalue weighted by Crippen LogP contribution is 2.28. The number of benzene rings is 1. The Kier molecular flexibility index (Phi) is 4.76. The molecule has 0 spiro atoms. The molecule has 0 atom stereocenters. The van der Waals surface area contributed by atoms with Gasteiger partial charge in [0.25, 0.3) is 0 Å².